The highest BCUT2D eigenvalue weighted by molar-refractivity contribution is 5.91. The molecule has 0 aliphatic carbocycles. The van der Waals surface area contributed by atoms with Gasteiger partial charge in [-0.1, -0.05) is 35.5 Å². The van der Waals surface area contributed by atoms with Gasteiger partial charge in [0.15, 0.2) is 5.82 Å². The molecule has 0 N–H and O–H groups in total. The molecule has 0 spiro atoms. The molecule has 1 heterocycles. The molecule has 0 aliphatic heterocycles. The van der Waals surface area contributed by atoms with Crippen LogP contribution in [0.1, 0.15) is 17.3 Å². The second-order valence-corrected chi connectivity index (χ2v) is 4.17. The third-order valence-electron chi connectivity index (χ3n) is 2.54. The van der Waals surface area contributed by atoms with Gasteiger partial charge in [0.1, 0.15) is 0 Å². The van der Waals surface area contributed by atoms with E-state index < -0.39 is 0 Å². The van der Waals surface area contributed by atoms with Gasteiger partial charge in [-0.3, -0.25) is 4.79 Å². The number of aryl methyl sites for hydroxylation is 1. The lowest BCUT2D eigenvalue weighted by Crippen LogP contribution is -2.24. The van der Waals surface area contributed by atoms with Gasteiger partial charge in [0, 0.05) is 20.0 Å². The van der Waals surface area contributed by atoms with Crippen molar-refractivity contribution in [2.45, 2.75) is 13.5 Å². The Bertz CT molecular complexity index is 575. The summed E-state index contributed by atoms with van der Waals surface area (Å²) >= 11 is 0. The molecule has 2 rings (SSSR count). The summed E-state index contributed by atoms with van der Waals surface area (Å²) in [5.41, 5.74) is 0.986. The third-order valence-corrected chi connectivity index (χ3v) is 2.54. The van der Waals surface area contributed by atoms with E-state index in [1.54, 1.807) is 20.0 Å². The molecule has 0 radical (unpaired) electrons. The van der Waals surface area contributed by atoms with Crippen LogP contribution in [-0.4, -0.2) is 28.0 Å². The van der Waals surface area contributed by atoms with Crippen LogP contribution in [0.25, 0.3) is 6.08 Å². The maximum absolute atomic E-state index is 11.9. The number of aromatic nitrogens is 2. The minimum absolute atomic E-state index is 0.105. The Hall–Kier alpha value is -2.43. The number of benzene rings is 1. The fraction of sp³-hybridized carbons (Fsp3) is 0.214. The number of nitrogens with zero attached hydrogens (tertiary/aromatic N) is 3. The van der Waals surface area contributed by atoms with E-state index >= 15 is 0 Å². The van der Waals surface area contributed by atoms with Gasteiger partial charge in [-0.25, -0.2) is 0 Å². The second-order valence-electron chi connectivity index (χ2n) is 4.17. The maximum atomic E-state index is 11.9. The highest BCUT2D eigenvalue weighted by Crippen LogP contribution is 2.03. The summed E-state index contributed by atoms with van der Waals surface area (Å²) in [5, 5.41) is 3.75. The van der Waals surface area contributed by atoms with Crippen molar-refractivity contribution in [3.8, 4) is 0 Å². The van der Waals surface area contributed by atoms with Crippen molar-refractivity contribution in [1.82, 2.24) is 15.0 Å². The van der Waals surface area contributed by atoms with Gasteiger partial charge >= 0.3 is 0 Å². The summed E-state index contributed by atoms with van der Waals surface area (Å²) in [6, 6.07) is 9.66. The Morgan fingerprint density at radius 2 is 2.11 bits per heavy atom. The van der Waals surface area contributed by atoms with E-state index in [0.29, 0.717) is 18.3 Å². The van der Waals surface area contributed by atoms with Crippen LogP contribution in [0, 0.1) is 6.92 Å². The van der Waals surface area contributed by atoms with Crippen LogP contribution in [0.5, 0.6) is 0 Å². The van der Waals surface area contributed by atoms with Crippen LogP contribution in [0.2, 0.25) is 0 Å². The fourth-order valence-corrected chi connectivity index (χ4v) is 1.55. The molecular formula is C14H15N3O2. The molecule has 0 saturated carbocycles. The molecule has 0 saturated heterocycles. The van der Waals surface area contributed by atoms with Gasteiger partial charge in [0.2, 0.25) is 11.8 Å². The molecule has 5 heteroatoms. The lowest BCUT2D eigenvalue weighted by molar-refractivity contribution is -0.125. The van der Waals surface area contributed by atoms with Gasteiger partial charge < -0.3 is 9.42 Å². The molecule has 2 aromatic rings. The quantitative estimate of drug-likeness (QED) is 0.786. The van der Waals surface area contributed by atoms with Crippen molar-refractivity contribution < 1.29 is 9.32 Å². The van der Waals surface area contributed by atoms with Crippen LogP contribution in [0.15, 0.2) is 40.9 Å². The molecule has 98 valence electrons. The van der Waals surface area contributed by atoms with E-state index in [-0.39, 0.29) is 5.91 Å². The van der Waals surface area contributed by atoms with E-state index in [2.05, 4.69) is 10.1 Å². The number of carbonyl (C=O) groups excluding carboxylic acids is 1. The SMILES string of the molecule is Cc1nc(CN(C)C(=O)/C=C/c2ccccc2)no1. The first-order chi connectivity index (χ1) is 9.15. The lowest BCUT2D eigenvalue weighted by atomic mass is 10.2. The normalized spacial score (nSPS) is 10.8. The predicted octanol–water partition coefficient (Wildman–Crippen LogP) is 2.05. The van der Waals surface area contributed by atoms with Crippen molar-refractivity contribution in [1.29, 1.82) is 0 Å². The Morgan fingerprint density at radius 1 is 1.37 bits per heavy atom. The van der Waals surface area contributed by atoms with Gasteiger partial charge in [-0.15, -0.1) is 0 Å². The zero-order valence-electron chi connectivity index (χ0n) is 10.9. The summed E-state index contributed by atoms with van der Waals surface area (Å²) in [7, 11) is 1.70. The number of hydrogen-bond acceptors (Lipinski definition) is 4. The van der Waals surface area contributed by atoms with Gasteiger partial charge in [0.25, 0.3) is 0 Å². The van der Waals surface area contributed by atoms with E-state index in [0.717, 1.165) is 5.56 Å². The van der Waals surface area contributed by atoms with Crippen molar-refractivity contribution in [2.75, 3.05) is 7.05 Å². The average molecular weight is 257 g/mol. The molecule has 0 unspecified atom stereocenters. The number of likely N-dealkylation sites (N-methyl/N-ethyl adjacent to an activating group) is 1. The molecule has 1 aromatic heterocycles. The first-order valence-corrected chi connectivity index (χ1v) is 5.92. The second kappa shape index (κ2) is 5.95. The Balaban J connectivity index is 1.94. The molecular weight excluding hydrogens is 242 g/mol. The van der Waals surface area contributed by atoms with Crippen molar-refractivity contribution in [3.63, 3.8) is 0 Å². The summed E-state index contributed by atoms with van der Waals surface area (Å²) in [6.45, 7) is 2.04. The number of carbonyl (C=O) groups is 1. The first-order valence-electron chi connectivity index (χ1n) is 5.92. The maximum Gasteiger partial charge on any atom is 0.246 e. The standard InChI is InChI=1S/C14H15N3O2/c1-11-15-13(16-19-11)10-17(2)14(18)9-8-12-6-4-3-5-7-12/h3-9H,10H2,1-2H3/b9-8+. The van der Waals surface area contributed by atoms with Crippen LogP contribution < -0.4 is 0 Å². The van der Waals surface area contributed by atoms with E-state index in [1.807, 2.05) is 30.3 Å². The van der Waals surface area contributed by atoms with Crippen LogP contribution in [-0.2, 0) is 11.3 Å². The zero-order chi connectivity index (χ0) is 13.7. The zero-order valence-corrected chi connectivity index (χ0v) is 10.9. The van der Waals surface area contributed by atoms with Crippen LogP contribution in [0.3, 0.4) is 0 Å². The van der Waals surface area contributed by atoms with Gasteiger partial charge in [-0.2, -0.15) is 4.98 Å². The summed E-state index contributed by atoms with van der Waals surface area (Å²) < 4.78 is 4.86. The van der Waals surface area contributed by atoms with Gasteiger partial charge in [0.05, 0.1) is 6.54 Å². The molecule has 19 heavy (non-hydrogen) atoms. The van der Waals surface area contributed by atoms with Crippen LogP contribution >= 0.6 is 0 Å². The Kier molecular flexibility index (Phi) is 4.07. The van der Waals surface area contributed by atoms with Crippen molar-refractivity contribution in [3.05, 3.63) is 53.7 Å². The highest BCUT2D eigenvalue weighted by Gasteiger charge is 2.09. The number of rotatable bonds is 4. The first kappa shape index (κ1) is 13.0. The largest absolute Gasteiger partial charge is 0.340 e. The van der Waals surface area contributed by atoms with E-state index in [4.69, 9.17) is 4.52 Å². The van der Waals surface area contributed by atoms with Crippen molar-refractivity contribution >= 4 is 12.0 Å². The molecule has 0 fully saturated rings. The molecule has 0 bridgehead atoms. The monoisotopic (exact) mass is 257 g/mol. The summed E-state index contributed by atoms with van der Waals surface area (Å²) in [4.78, 5) is 17.5. The lowest BCUT2D eigenvalue weighted by Gasteiger charge is -2.11. The molecule has 0 aliphatic rings. The predicted molar refractivity (Wildman–Crippen MR) is 71.0 cm³/mol. The minimum Gasteiger partial charge on any atom is -0.340 e. The van der Waals surface area contributed by atoms with Crippen molar-refractivity contribution in [2.24, 2.45) is 0 Å². The summed E-state index contributed by atoms with van der Waals surface area (Å²) in [5.74, 6) is 0.892. The fourth-order valence-electron chi connectivity index (χ4n) is 1.55. The van der Waals surface area contributed by atoms with E-state index in [1.165, 1.54) is 11.0 Å². The third kappa shape index (κ3) is 3.77. The molecule has 1 aromatic carbocycles. The minimum atomic E-state index is -0.105. The molecule has 1 amide bonds. The van der Waals surface area contributed by atoms with Gasteiger partial charge in [-0.05, 0) is 11.6 Å². The average Bonchev–Trinajstić information content (AvgIpc) is 2.82. The molecule has 5 nitrogen and oxygen atoms in total. The smallest absolute Gasteiger partial charge is 0.246 e. The number of hydrogen-bond donors (Lipinski definition) is 0. The van der Waals surface area contributed by atoms with Crippen LogP contribution in [0.4, 0.5) is 0 Å². The van der Waals surface area contributed by atoms with E-state index in [9.17, 15) is 4.79 Å². The highest BCUT2D eigenvalue weighted by atomic mass is 16.5. The number of amides is 1. The summed E-state index contributed by atoms with van der Waals surface area (Å²) in [6.07, 6.45) is 3.31. The Labute approximate surface area is 111 Å². The Morgan fingerprint density at radius 3 is 2.74 bits per heavy atom. The molecule has 0 atom stereocenters. The topological polar surface area (TPSA) is 59.2 Å².